The SMILES string of the molecule is CCCCCCCCC/C=C/CCCCCCCC(=O)OC(CCCCCCCCCC)CC(=O)NC(CO)C(O)CCCCCCCCCCCC. The number of carbonyl (C=O) groups is 2. The number of amides is 1. The molecule has 0 aliphatic rings. The van der Waals surface area contributed by atoms with Crippen LogP contribution in [0, 0.1) is 0 Å². The van der Waals surface area contributed by atoms with Crippen LogP contribution in [0.1, 0.15) is 252 Å². The predicted molar refractivity (Wildman–Crippen MR) is 227 cm³/mol. The van der Waals surface area contributed by atoms with Gasteiger partial charge in [0.25, 0.3) is 0 Å². The smallest absolute Gasteiger partial charge is 0.306 e. The van der Waals surface area contributed by atoms with Crippen LogP contribution >= 0.6 is 0 Å². The zero-order valence-electron chi connectivity index (χ0n) is 35.7. The zero-order valence-corrected chi connectivity index (χ0v) is 35.7. The highest BCUT2D eigenvalue weighted by Gasteiger charge is 2.24. The molecule has 53 heavy (non-hydrogen) atoms. The van der Waals surface area contributed by atoms with Crippen LogP contribution in [0.3, 0.4) is 0 Å². The number of allylic oxidation sites excluding steroid dienone is 2. The Balaban J connectivity index is 4.45. The zero-order chi connectivity index (χ0) is 38.9. The predicted octanol–water partition coefficient (Wildman–Crippen LogP) is 13.4. The molecule has 0 aliphatic carbocycles. The molecule has 0 aromatic heterocycles. The lowest BCUT2D eigenvalue weighted by atomic mass is 10.0. The first-order valence-corrected chi connectivity index (χ1v) is 23.4. The maximum absolute atomic E-state index is 13.1. The summed E-state index contributed by atoms with van der Waals surface area (Å²) in [6.07, 6.45) is 44.2. The second-order valence-electron chi connectivity index (χ2n) is 16.2. The van der Waals surface area contributed by atoms with Gasteiger partial charge in [-0.3, -0.25) is 9.59 Å². The summed E-state index contributed by atoms with van der Waals surface area (Å²) in [6, 6.07) is -0.693. The van der Waals surface area contributed by atoms with Gasteiger partial charge < -0.3 is 20.3 Å². The number of nitrogens with one attached hydrogen (secondary N) is 1. The second-order valence-corrected chi connectivity index (χ2v) is 16.2. The van der Waals surface area contributed by atoms with Crippen LogP contribution in [-0.4, -0.2) is 46.9 Å². The summed E-state index contributed by atoms with van der Waals surface area (Å²) in [5.41, 5.74) is 0. The molecular weight excluding hydrogens is 659 g/mol. The molecule has 0 spiro atoms. The molecule has 0 fully saturated rings. The quantitative estimate of drug-likeness (QED) is 0.0328. The number of hydrogen-bond acceptors (Lipinski definition) is 5. The average molecular weight is 750 g/mol. The van der Waals surface area contributed by atoms with Crippen molar-refractivity contribution in [2.75, 3.05) is 6.61 Å². The van der Waals surface area contributed by atoms with Gasteiger partial charge in [-0.25, -0.2) is 0 Å². The topological polar surface area (TPSA) is 95.9 Å². The molecule has 0 heterocycles. The fraction of sp³-hybridized carbons (Fsp3) is 0.915. The van der Waals surface area contributed by atoms with Crippen molar-refractivity contribution < 1.29 is 24.5 Å². The highest BCUT2D eigenvalue weighted by Crippen LogP contribution is 2.18. The fourth-order valence-corrected chi connectivity index (χ4v) is 7.25. The van der Waals surface area contributed by atoms with Crippen LogP contribution in [0.5, 0.6) is 0 Å². The molecule has 3 atom stereocenters. The highest BCUT2D eigenvalue weighted by molar-refractivity contribution is 5.77. The molecule has 314 valence electrons. The normalized spacial score (nSPS) is 13.4. The molecule has 0 bridgehead atoms. The van der Waals surface area contributed by atoms with E-state index in [0.717, 1.165) is 51.4 Å². The van der Waals surface area contributed by atoms with E-state index in [4.69, 9.17) is 4.74 Å². The average Bonchev–Trinajstić information content (AvgIpc) is 3.15. The van der Waals surface area contributed by atoms with Gasteiger partial charge in [0.05, 0.1) is 25.2 Å². The summed E-state index contributed by atoms with van der Waals surface area (Å²) in [5, 5.41) is 23.6. The Labute approximate surface area is 329 Å². The van der Waals surface area contributed by atoms with Crippen molar-refractivity contribution in [3.05, 3.63) is 12.2 Å². The molecule has 0 saturated carbocycles. The van der Waals surface area contributed by atoms with Crippen LogP contribution in [0.15, 0.2) is 12.2 Å². The Hall–Kier alpha value is -1.40. The number of aliphatic hydroxyl groups excluding tert-OH is 2. The fourth-order valence-electron chi connectivity index (χ4n) is 7.25. The van der Waals surface area contributed by atoms with Gasteiger partial charge >= 0.3 is 5.97 Å². The number of aliphatic hydroxyl groups is 2. The Morgan fingerprint density at radius 3 is 1.34 bits per heavy atom. The van der Waals surface area contributed by atoms with Gasteiger partial charge in [0.15, 0.2) is 0 Å². The minimum absolute atomic E-state index is 0.0796. The number of ether oxygens (including phenoxy) is 1. The lowest BCUT2D eigenvalue weighted by Crippen LogP contribution is -2.46. The highest BCUT2D eigenvalue weighted by atomic mass is 16.5. The summed E-state index contributed by atoms with van der Waals surface area (Å²) in [5.74, 6) is -0.477. The minimum atomic E-state index is -0.780. The maximum Gasteiger partial charge on any atom is 0.306 e. The van der Waals surface area contributed by atoms with E-state index in [1.54, 1.807) is 0 Å². The van der Waals surface area contributed by atoms with Gasteiger partial charge in [0, 0.05) is 6.42 Å². The Morgan fingerprint density at radius 2 is 0.906 bits per heavy atom. The summed E-state index contributed by atoms with van der Waals surface area (Å²) >= 11 is 0. The van der Waals surface area contributed by atoms with Crippen LogP contribution in [0.4, 0.5) is 0 Å². The maximum atomic E-state index is 13.1. The molecule has 0 saturated heterocycles. The Bertz CT molecular complexity index is 802. The van der Waals surface area contributed by atoms with Crippen molar-refractivity contribution in [3.63, 3.8) is 0 Å². The monoisotopic (exact) mass is 750 g/mol. The Morgan fingerprint density at radius 1 is 0.528 bits per heavy atom. The number of carbonyl (C=O) groups excluding carboxylic acids is 2. The van der Waals surface area contributed by atoms with Crippen LogP contribution in [0.25, 0.3) is 0 Å². The van der Waals surface area contributed by atoms with E-state index in [1.165, 1.54) is 154 Å². The third kappa shape index (κ3) is 37.3. The van der Waals surface area contributed by atoms with Gasteiger partial charge in [-0.1, -0.05) is 200 Å². The minimum Gasteiger partial charge on any atom is -0.462 e. The Kier molecular flexibility index (Phi) is 40.7. The van der Waals surface area contributed by atoms with E-state index >= 15 is 0 Å². The largest absolute Gasteiger partial charge is 0.462 e. The summed E-state index contributed by atoms with van der Waals surface area (Å²) < 4.78 is 5.89. The van der Waals surface area contributed by atoms with E-state index < -0.39 is 18.2 Å². The second kappa shape index (κ2) is 41.8. The molecule has 0 aromatic rings. The first kappa shape index (κ1) is 51.6. The van der Waals surface area contributed by atoms with Crippen molar-refractivity contribution in [1.29, 1.82) is 0 Å². The molecule has 0 aliphatic heterocycles. The van der Waals surface area contributed by atoms with E-state index in [-0.39, 0.29) is 24.9 Å². The van der Waals surface area contributed by atoms with Crippen LogP contribution in [0.2, 0.25) is 0 Å². The standard InChI is InChI=1S/C47H91NO5/c1-4-7-10-13-16-19-21-22-23-24-25-26-28-31-34-37-40-47(52)53-43(38-35-32-29-18-15-12-9-6-3)41-46(51)48-44(42-49)45(50)39-36-33-30-27-20-17-14-11-8-5-2/h23-24,43-45,49-50H,4-22,25-42H2,1-3H3,(H,48,51)/b24-23+. The van der Waals surface area contributed by atoms with Crippen molar-refractivity contribution in [1.82, 2.24) is 5.32 Å². The van der Waals surface area contributed by atoms with Gasteiger partial charge in [0.2, 0.25) is 5.91 Å². The molecule has 0 radical (unpaired) electrons. The first-order chi connectivity index (χ1) is 26.0. The van der Waals surface area contributed by atoms with Crippen molar-refractivity contribution >= 4 is 11.9 Å². The number of unbranched alkanes of at least 4 members (excludes halogenated alkanes) is 28. The summed E-state index contributed by atoms with van der Waals surface area (Å²) in [4.78, 5) is 25.9. The van der Waals surface area contributed by atoms with Crippen molar-refractivity contribution in [2.45, 2.75) is 270 Å². The number of esters is 1. The van der Waals surface area contributed by atoms with Gasteiger partial charge in [-0.2, -0.15) is 0 Å². The van der Waals surface area contributed by atoms with E-state index in [9.17, 15) is 19.8 Å². The molecule has 0 aromatic carbocycles. The number of hydrogen-bond donors (Lipinski definition) is 3. The lowest BCUT2D eigenvalue weighted by molar-refractivity contribution is -0.151. The first-order valence-electron chi connectivity index (χ1n) is 23.4. The molecule has 6 nitrogen and oxygen atoms in total. The molecule has 0 rings (SSSR count). The summed E-state index contributed by atoms with van der Waals surface area (Å²) in [7, 11) is 0. The molecule has 3 N–H and O–H groups in total. The van der Waals surface area contributed by atoms with Crippen LogP contribution < -0.4 is 5.32 Å². The van der Waals surface area contributed by atoms with E-state index in [1.807, 2.05) is 0 Å². The molecular formula is C47H91NO5. The van der Waals surface area contributed by atoms with Gasteiger partial charge in [0.1, 0.15) is 6.10 Å². The third-order valence-electron chi connectivity index (χ3n) is 10.8. The lowest BCUT2D eigenvalue weighted by Gasteiger charge is -2.24. The van der Waals surface area contributed by atoms with Crippen LogP contribution in [-0.2, 0) is 14.3 Å². The van der Waals surface area contributed by atoms with Crippen molar-refractivity contribution in [3.8, 4) is 0 Å². The molecule has 1 amide bonds. The number of rotatable bonds is 42. The molecule has 6 heteroatoms. The molecule has 3 unspecified atom stereocenters. The van der Waals surface area contributed by atoms with E-state index in [0.29, 0.717) is 19.3 Å². The van der Waals surface area contributed by atoms with Gasteiger partial charge in [-0.05, 0) is 51.4 Å². The summed E-state index contributed by atoms with van der Waals surface area (Å²) in [6.45, 7) is 6.45. The van der Waals surface area contributed by atoms with E-state index in [2.05, 4.69) is 38.2 Å². The van der Waals surface area contributed by atoms with Gasteiger partial charge in [-0.15, -0.1) is 0 Å². The van der Waals surface area contributed by atoms with Crippen molar-refractivity contribution in [2.24, 2.45) is 0 Å². The third-order valence-corrected chi connectivity index (χ3v) is 10.8.